The molecule has 5 nitrogen and oxygen atoms in total. The Balaban J connectivity index is 2.42. The molecule has 6 heteroatoms. The average molecular weight is 282 g/mol. The van der Waals surface area contributed by atoms with E-state index < -0.39 is 15.6 Å². The van der Waals surface area contributed by atoms with Gasteiger partial charge in [0.1, 0.15) is 0 Å². The molecule has 0 saturated carbocycles. The molecule has 0 radical (unpaired) electrons. The number of hydrogen-bond donors (Lipinski definition) is 2. The van der Waals surface area contributed by atoms with Gasteiger partial charge in [-0.25, -0.2) is 13.1 Å². The quantitative estimate of drug-likeness (QED) is 0.868. The molecule has 1 aliphatic rings. The number of sulfonamides is 1. The molecule has 1 unspecified atom stereocenters. The van der Waals surface area contributed by atoms with Crippen LogP contribution in [0.5, 0.6) is 0 Å². The first-order valence-electron chi connectivity index (χ1n) is 6.09. The lowest BCUT2D eigenvalue weighted by atomic mass is 10.0. The number of fused-ring (bicyclic) bond motifs is 1. The van der Waals surface area contributed by atoms with E-state index in [1.54, 1.807) is 39.8 Å². The molecule has 1 aromatic rings. The van der Waals surface area contributed by atoms with Crippen molar-refractivity contribution in [3.63, 3.8) is 0 Å². The van der Waals surface area contributed by atoms with Crippen molar-refractivity contribution in [3.8, 4) is 0 Å². The van der Waals surface area contributed by atoms with Gasteiger partial charge in [0.05, 0.1) is 10.8 Å². The first-order chi connectivity index (χ1) is 8.60. The molecule has 1 aromatic carbocycles. The lowest BCUT2D eigenvalue weighted by molar-refractivity contribution is -0.116. The van der Waals surface area contributed by atoms with E-state index in [4.69, 9.17) is 0 Å². The Morgan fingerprint density at radius 2 is 1.89 bits per heavy atom. The monoisotopic (exact) mass is 282 g/mol. The molecule has 0 aromatic heterocycles. The minimum atomic E-state index is -3.57. The summed E-state index contributed by atoms with van der Waals surface area (Å²) in [6.07, 6.45) is 0. The summed E-state index contributed by atoms with van der Waals surface area (Å²) in [5.74, 6) is -0.423. The largest absolute Gasteiger partial charge is 0.325 e. The SMILES string of the molecule is CC1C(=O)Nc2ccc(S(=O)(=O)NC(C)(C)C)cc21. The van der Waals surface area contributed by atoms with E-state index >= 15 is 0 Å². The van der Waals surface area contributed by atoms with E-state index in [1.165, 1.54) is 6.07 Å². The van der Waals surface area contributed by atoms with Gasteiger partial charge in [0.2, 0.25) is 15.9 Å². The second kappa shape index (κ2) is 4.31. The van der Waals surface area contributed by atoms with Gasteiger partial charge in [0, 0.05) is 11.2 Å². The van der Waals surface area contributed by atoms with Crippen molar-refractivity contribution in [2.45, 2.75) is 44.0 Å². The van der Waals surface area contributed by atoms with E-state index in [0.29, 0.717) is 5.69 Å². The minimum absolute atomic E-state index is 0.103. The molecule has 0 saturated heterocycles. The lowest BCUT2D eigenvalue weighted by Crippen LogP contribution is -2.40. The number of carbonyl (C=O) groups excluding carboxylic acids is 1. The fraction of sp³-hybridized carbons (Fsp3) is 0.462. The Labute approximate surface area is 113 Å². The Kier molecular flexibility index (Phi) is 3.18. The van der Waals surface area contributed by atoms with E-state index in [2.05, 4.69) is 10.0 Å². The van der Waals surface area contributed by atoms with Crippen molar-refractivity contribution < 1.29 is 13.2 Å². The Bertz CT molecular complexity index is 630. The van der Waals surface area contributed by atoms with E-state index in [0.717, 1.165) is 5.56 Å². The van der Waals surface area contributed by atoms with Crippen LogP contribution in [-0.4, -0.2) is 19.9 Å². The molecular formula is C13H18N2O3S. The summed E-state index contributed by atoms with van der Waals surface area (Å²) in [6.45, 7) is 7.11. The fourth-order valence-electron chi connectivity index (χ4n) is 2.02. The smallest absolute Gasteiger partial charge is 0.241 e. The topological polar surface area (TPSA) is 75.3 Å². The number of benzene rings is 1. The molecule has 2 N–H and O–H groups in total. The van der Waals surface area contributed by atoms with Gasteiger partial charge in [-0.15, -0.1) is 0 Å². The molecule has 0 fully saturated rings. The van der Waals surface area contributed by atoms with Crippen molar-refractivity contribution in [3.05, 3.63) is 23.8 Å². The van der Waals surface area contributed by atoms with Gasteiger partial charge in [-0.3, -0.25) is 4.79 Å². The van der Waals surface area contributed by atoms with Crippen LogP contribution in [0.25, 0.3) is 0 Å². The molecule has 1 amide bonds. The highest BCUT2D eigenvalue weighted by Crippen LogP contribution is 2.33. The van der Waals surface area contributed by atoms with Crippen molar-refractivity contribution >= 4 is 21.6 Å². The summed E-state index contributed by atoms with van der Waals surface area (Å²) in [6, 6.07) is 4.70. The highest BCUT2D eigenvalue weighted by atomic mass is 32.2. The number of hydrogen-bond acceptors (Lipinski definition) is 3. The molecule has 2 rings (SSSR count). The highest BCUT2D eigenvalue weighted by Gasteiger charge is 2.29. The van der Waals surface area contributed by atoms with Crippen LogP contribution in [0.15, 0.2) is 23.1 Å². The van der Waals surface area contributed by atoms with Gasteiger partial charge >= 0.3 is 0 Å². The summed E-state index contributed by atoms with van der Waals surface area (Å²) in [7, 11) is -3.57. The molecule has 0 aliphatic carbocycles. The van der Waals surface area contributed by atoms with E-state index in [9.17, 15) is 13.2 Å². The predicted molar refractivity (Wildman–Crippen MR) is 73.6 cm³/mol. The molecular weight excluding hydrogens is 264 g/mol. The van der Waals surface area contributed by atoms with Crippen LogP contribution < -0.4 is 10.0 Å². The summed E-state index contributed by atoms with van der Waals surface area (Å²) in [5, 5.41) is 2.72. The second-order valence-corrected chi connectivity index (χ2v) is 7.50. The number of amides is 1. The Morgan fingerprint density at radius 3 is 2.47 bits per heavy atom. The zero-order chi connectivity index (χ0) is 14.4. The van der Waals surface area contributed by atoms with E-state index in [1.807, 2.05) is 0 Å². The lowest BCUT2D eigenvalue weighted by Gasteiger charge is -2.20. The van der Waals surface area contributed by atoms with Gasteiger partial charge in [0.15, 0.2) is 0 Å². The molecule has 0 spiro atoms. The zero-order valence-corrected chi connectivity index (χ0v) is 12.3. The summed E-state index contributed by atoms with van der Waals surface area (Å²) >= 11 is 0. The second-order valence-electron chi connectivity index (χ2n) is 5.82. The Morgan fingerprint density at radius 1 is 1.26 bits per heavy atom. The molecule has 1 atom stereocenters. The molecule has 19 heavy (non-hydrogen) atoms. The van der Waals surface area contributed by atoms with Crippen LogP contribution in [0.2, 0.25) is 0 Å². The summed E-state index contributed by atoms with van der Waals surface area (Å²) < 4.78 is 27.0. The third-order valence-electron chi connectivity index (χ3n) is 2.89. The normalized spacial score (nSPS) is 19.2. The van der Waals surface area contributed by atoms with Gasteiger partial charge < -0.3 is 5.32 Å². The zero-order valence-electron chi connectivity index (χ0n) is 11.4. The van der Waals surface area contributed by atoms with Crippen LogP contribution in [-0.2, 0) is 14.8 Å². The maximum absolute atomic E-state index is 12.2. The van der Waals surface area contributed by atoms with Crippen molar-refractivity contribution in [2.24, 2.45) is 0 Å². The average Bonchev–Trinajstić information content (AvgIpc) is 2.51. The first-order valence-corrected chi connectivity index (χ1v) is 7.57. The number of nitrogens with one attached hydrogen (secondary N) is 2. The number of anilines is 1. The third-order valence-corrected chi connectivity index (χ3v) is 4.65. The molecule has 1 heterocycles. The molecule has 0 bridgehead atoms. The minimum Gasteiger partial charge on any atom is -0.325 e. The fourth-order valence-corrected chi connectivity index (χ4v) is 3.48. The number of rotatable bonds is 2. The standard InChI is InChI=1S/C13H18N2O3S/c1-8-10-7-9(5-6-11(10)14-12(8)16)19(17,18)15-13(2,3)4/h5-8,15H,1-4H3,(H,14,16). The van der Waals surface area contributed by atoms with Gasteiger partial charge in [0.25, 0.3) is 0 Å². The highest BCUT2D eigenvalue weighted by molar-refractivity contribution is 7.89. The van der Waals surface area contributed by atoms with Crippen molar-refractivity contribution in [1.29, 1.82) is 0 Å². The first kappa shape index (κ1) is 14.0. The third kappa shape index (κ3) is 2.79. The molecule has 104 valence electrons. The van der Waals surface area contributed by atoms with Gasteiger partial charge in [-0.1, -0.05) is 0 Å². The maximum atomic E-state index is 12.2. The van der Waals surface area contributed by atoms with Gasteiger partial charge in [-0.05, 0) is 51.5 Å². The molecule has 1 aliphatic heterocycles. The van der Waals surface area contributed by atoms with Crippen LogP contribution in [0, 0.1) is 0 Å². The Hall–Kier alpha value is -1.40. The maximum Gasteiger partial charge on any atom is 0.241 e. The van der Waals surface area contributed by atoms with Crippen LogP contribution in [0.4, 0.5) is 5.69 Å². The van der Waals surface area contributed by atoms with Crippen LogP contribution in [0.1, 0.15) is 39.2 Å². The summed E-state index contributed by atoms with van der Waals surface area (Å²) in [4.78, 5) is 11.7. The predicted octanol–water partition coefficient (Wildman–Crippen LogP) is 1.82. The van der Waals surface area contributed by atoms with Gasteiger partial charge in [-0.2, -0.15) is 0 Å². The van der Waals surface area contributed by atoms with E-state index in [-0.39, 0.29) is 16.7 Å². The van der Waals surface area contributed by atoms with Crippen molar-refractivity contribution in [2.75, 3.05) is 5.32 Å². The summed E-state index contributed by atoms with van der Waals surface area (Å²) in [5.41, 5.74) is 0.867. The number of carbonyl (C=O) groups is 1. The van der Waals surface area contributed by atoms with Crippen molar-refractivity contribution in [1.82, 2.24) is 4.72 Å². The van der Waals surface area contributed by atoms with Crippen LogP contribution in [0.3, 0.4) is 0 Å². The van der Waals surface area contributed by atoms with Crippen LogP contribution >= 0.6 is 0 Å².